The number of nitrogens with one attached hydrogen (secondary N) is 1. The average Bonchev–Trinajstić information content (AvgIpc) is 2.18. The number of piperidine rings is 1. The van der Waals surface area contributed by atoms with E-state index in [1.54, 1.807) is 0 Å². The Labute approximate surface area is 93.9 Å². The minimum Gasteiger partial charge on any atom is -0.390 e. The molecule has 1 unspecified atom stereocenters. The van der Waals surface area contributed by atoms with Crippen molar-refractivity contribution in [3.05, 3.63) is 0 Å². The van der Waals surface area contributed by atoms with Gasteiger partial charge in [-0.2, -0.15) is 0 Å². The molecule has 0 amide bonds. The van der Waals surface area contributed by atoms with Crippen molar-refractivity contribution >= 4 is 0 Å². The molecule has 15 heavy (non-hydrogen) atoms. The Morgan fingerprint density at radius 2 is 1.80 bits per heavy atom. The standard InChI is InChI=1S/C12H26N2O/c1-11(2)8-13-9-12(15)10-14-6-4-3-5-7-14/h11-13,15H,3-10H2,1-2H3. The Kier molecular flexibility index (Phi) is 6.22. The fourth-order valence-corrected chi connectivity index (χ4v) is 2.04. The molecule has 3 nitrogen and oxygen atoms in total. The van der Waals surface area contributed by atoms with Gasteiger partial charge < -0.3 is 15.3 Å². The lowest BCUT2D eigenvalue weighted by molar-refractivity contribution is 0.0997. The molecule has 2 N–H and O–H groups in total. The van der Waals surface area contributed by atoms with Crippen LogP contribution in [0, 0.1) is 5.92 Å². The van der Waals surface area contributed by atoms with E-state index in [1.807, 2.05) is 0 Å². The van der Waals surface area contributed by atoms with Crippen LogP contribution < -0.4 is 5.32 Å². The first-order valence-electron chi connectivity index (χ1n) is 6.29. The van der Waals surface area contributed by atoms with Gasteiger partial charge in [0.1, 0.15) is 0 Å². The third-order valence-corrected chi connectivity index (χ3v) is 2.85. The van der Waals surface area contributed by atoms with Crippen molar-refractivity contribution in [3.63, 3.8) is 0 Å². The number of hydrogen-bond donors (Lipinski definition) is 2. The summed E-state index contributed by atoms with van der Waals surface area (Å²) in [7, 11) is 0. The highest BCUT2D eigenvalue weighted by molar-refractivity contribution is 4.70. The minimum atomic E-state index is -0.207. The number of likely N-dealkylation sites (tertiary alicyclic amines) is 1. The highest BCUT2D eigenvalue weighted by atomic mass is 16.3. The second kappa shape index (κ2) is 7.20. The summed E-state index contributed by atoms with van der Waals surface area (Å²) in [6.45, 7) is 9.27. The van der Waals surface area contributed by atoms with Crippen molar-refractivity contribution in [1.29, 1.82) is 0 Å². The molecule has 0 aromatic rings. The van der Waals surface area contributed by atoms with E-state index in [0.717, 1.165) is 19.6 Å². The van der Waals surface area contributed by atoms with Gasteiger partial charge in [-0.15, -0.1) is 0 Å². The molecular weight excluding hydrogens is 188 g/mol. The van der Waals surface area contributed by atoms with Gasteiger partial charge in [0, 0.05) is 13.1 Å². The summed E-state index contributed by atoms with van der Waals surface area (Å²) in [5, 5.41) is 13.1. The van der Waals surface area contributed by atoms with Crippen LogP contribution >= 0.6 is 0 Å². The van der Waals surface area contributed by atoms with Crippen molar-refractivity contribution in [2.45, 2.75) is 39.2 Å². The van der Waals surface area contributed by atoms with Crippen LogP contribution in [0.1, 0.15) is 33.1 Å². The van der Waals surface area contributed by atoms with E-state index in [9.17, 15) is 5.11 Å². The summed E-state index contributed by atoms with van der Waals surface area (Å²) in [5.74, 6) is 0.659. The van der Waals surface area contributed by atoms with Crippen molar-refractivity contribution < 1.29 is 5.11 Å². The SMILES string of the molecule is CC(C)CNCC(O)CN1CCCCC1. The molecule has 1 atom stereocenters. The van der Waals surface area contributed by atoms with Gasteiger partial charge in [-0.05, 0) is 38.4 Å². The lowest BCUT2D eigenvalue weighted by Gasteiger charge is -2.28. The molecule has 3 heteroatoms. The van der Waals surface area contributed by atoms with Crippen LogP contribution in [0.2, 0.25) is 0 Å². The summed E-state index contributed by atoms with van der Waals surface area (Å²) in [4.78, 5) is 2.38. The van der Waals surface area contributed by atoms with E-state index >= 15 is 0 Å². The third-order valence-electron chi connectivity index (χ3n) is 2.85. The van der Waals surface area contributed by atoms with E-state index in [4.69, 9.17) is 0 Å². The monoisotopic (exact) mass is 214 g/mol. The zero-order valence-electron chi connectivity index (χ0n) is 10.2. The number of rotatable bonds is 6. The van der Waals surface area contributed by atoms with E-state index in [2.05, 4.69) is 24.1 Å². The molecule has 0 bridgehead atoms. The van der Waals surface area contributed by atoms with Crippen LogP contribution in [0.4, 0.5) is 0 Å². The summed E-state index contributed by atoms with van der Waals surface area (Å²) in [5.41, 5.74) is 0. The maximum Gasteiger partial charge on any atom is 0.0791 e. The predicted octanol–water partition coefficient (Wildman–Crippen LogP) is 1.08. The van der Waals surface area contributed by atoms with Crippen LogP contribution in [0.15, 0.2) is 0 Å². The lowest BCUT2D eigenvalue weighted by atomic mass is 10.1. The molecule has 1 heterocycles. The fourth-order valence-electron chi connectivity index (χ4n) is 2.04. The van der Waals surface area contributed by atoms with Crippen molar-refractivity contribution in [3.8, 4) is 0 Å². The number of nitrogens with zero attached hydrogens (tertiary/aromatic N) is 1. The number of aliphatic hydroxyl groups excluding tert-OH is 1. The Bertz CT molecular complexity index is 156. The van der Waals surface area contributed by atoms with Crippen molar-refractivity contribution in [2.24, 2.45) is 5.92 Å². The van der Waals surface area contributed by atoms with E-state index in [1.165, 1.54) is 32.4 Å². The van der Waals surface area contributed by atoms with Gasteiger partial charge in [0.15, 0.2) is 0 Å². The summed E-state index contributed by atoms with van der Waals surface area (Å²) in [6.07, 6.45) is 3.75. The Morgan fingerprint density at radius 3 is 2.40 bits per heavy atom. The largest absolute Gasteiger partial charge is 0.390 e. The molecule has 0 radical (unpaired) electrons. The third kappa shape index (κ3) is 6.13. The van der Waals surface area contributed by atoms with Gasteiger partial charge in [-0.3, -0.25) is 0 Å². The van der Waals surface area contributed by atoms with Gasteiger partial charge in [0.05, 0.1) is 6.10 Å². The van der Waals surface area contributed by atoms with Crippen LogP contribution in [0.5, 0.6) is 0 Å². The highest BCUT2D eigenvalue weighted by Gasteiger charge is 2.13. The highest BCUT2D eigenvalue weighted by Crippen LogP contribution is 2.08. The first kappa shape index (κ1) is 12.9. The zero-order chi connectivity index (χ0) is 11.1. The van der Waals surface area contributed by atoms with E-state index in [0.29, 0.717) is 5.92 Å². The molecular formula is C12H26N2O. The van der Waals surface area contributed by atoms with Gasteiger partial charge in [0.25, 0.3) is 0 Å². The Balaban J connectivity index is 2.03. The maximum absolute atomic E-state index is 9.81. The molecule has 0 spiro atoms. The Hall–Kier alpha value is -0.120. The molecule has 0 aromatic heterocycles. The molecule has 1 fully saturated rings. The Morgan fingerprint density at radius 1 is 1.13 bits per heavy atom. The van der Waals surface area contributed by atoms with Crippen LogP contribution in [-0.2, 0) is 0 Å². The summed E-state index contributed by atoms with van der Waals surface area (Å²) >= 11 is 0. The summed E-state index contributed by atoms with van der Waals surface area (Å²) < 4.78 is 0. The van der Waals surface area contributed by atoms with E-state index in [-0.39, 0.29) is 6.10 Å². The quantitative estimate of drug-likeness (QED) is 0.694. The molecule has 0 saturated carbocycles. The zero-order valence-corrected chi connectivity index (χ0v) is 10.2. The van der Waals surface area contributed by atoms with Gasteiger partial charge in [-0.25, -0.2) is 0 Å². The lowest BCUT2D eigenvalue weighted by Crippen LogP contribution is -2.41. The molecule has 0 aliphatic carbocycles. The molecule has 1 aliphatic rings. The van der Waals surface area contributed by atoms with Crippen LogP contribution in [0.3, 0.4) is 0 Å². The van der Waals surface area contributed by atoms with Crippen molar-refractivity contribution in [1.82, 2.24) is 10.2 Å². The normalized spacial score (nSPS) is 20.8. The van der Waals surface area contributed by atoms with Crippen LogP contribution in [0.25, 0.3) is 0 Å². The van der Waals surface area contributed by atoms with Gasteiger partial charge in [-0.1, -0.05) is 20.3 Å². The summed E-state index contributed by atoms with van der Waals surface area (Å²) in [6, 6.07) is 0. The fraction of sp³-hybridized carbons (Fsp3) is 1.00. The molecule has 1 saturated heterocycles. The number of aliphatic hydroxyl groups is 1. The van der Waals surface area contributed by atoms with Crippen molar-refractivity contribution in [2.75, 3.05) is 32.7 Å². The topological polar surface area (TPSA) is 35.5 Å². The predicted molar refractivity (Wildman–Crippen MR) is 64.0 cm³/mol. The second-order valence-corrected chi connectivity index (χ2v) is 5.07. The first-order valence-corrected chi connectivity index (χ1v) is 6.29. The smallest absolute Gasteiger partial charge is 0.0791 e. The maximum atomic E-state index is 9.81. The molecule has 90 valence electrons. The molecule has 1 aliphatic heterocycles. The van der Waals surface area contributed by atoms with Gasteiger partial charge in [0.2, 0.25) is 0 Å². The first-order chi connectivity index (χ1) is 7.18. The average molecular weight is 214 g/mol. The molecule has 0 aromatic carbocycles. The van der Waals surface area contributed by atoms with E-state index < -0.39 is 0 Å². The van der Waals surface area contributed by atoms with Crippen LogP contribution in [-0.4, -0.2) is 48.8 Å². The van der Waals surface area contributed by atoms with Gasteiger partial charge >= 0.3 is 0 Å². The number of β-amino-alcohol motifs (C(OH)–C–C–N with tert-alkyl or cyclic N) is 1. The number of hydrogen-bond acceptors (Lipinski definition) is 3. The molecule has 1 rings (SSSR count). The second-order valence-electron chi connectivity index (χ2n) is 5.07. The minimum absolute atomic E-state index is 0.207.